The molecule has 0 aromatic carbocycles. The molecule has 1 aliphatic rings. The maximum Gasteiger partial charge on any atom is 0.246 e. The topological polar surface area (TPSA) is 29.5 Å². The first-order valence-corrected chi connectivity index (χ1v) is 4.61. The van der Waals surface area contributed by atoms with Gasteiger partial charge in [0.15, 0.2) is 0 Å². The van der Waals surface area contributed by atoms with E-state index in [2.05, 4.69) is 13.5 Å². The highest BCUT2D eigenvalue weighted by molar-refractivity contribution is 5.87. The molecule has 0 saturated carbocycles. The second-order valence-electron chi connectivity index (χ2n) is 3.64. The lowest BCUT2D eigenvalue weighted by atomic mass is 10.1. The molecule has 0 N–H and O–H groups in total. The molecule has 0 aliphatic carbocycles. The van der Waals surface area contributed by atoms with E-state index in [1.807, 2.05) is 4.90 Å². The summed E-state index contributed by atoms with van der Waals surface area (Å²) in [4.78, 5) is 13.2. The fourth-order valence-electron chi connectivity index (χ4n) is 1.89. The quantitative estimate of drug-likeness (QED) is 0.612. The minimum Gasteiger partial charge on any atom is -0.383 e. The monoisotopic (exact) mass is 183 g/mol. The maximum atomic E-state index is 11.4. The number of nitrogens with zero attached hydrogens (tertiary/aromatic N) is 1. The zero-order valence-electron chi connectivity index (χ0n) is 8.32. The number of hydrogen-bond acceptors (Lipinski definition) is 2. The number of amides is 1. The van der Waals surface area contributed by atoms with Crippen molar-refractivity contribution >= 4 is 5.91 Å². The average Bonchev–Trinajstić information content (AvgIpc) is 2.46. The van der Waals surface area contributed by atoms with Gasteiger partial charge in [0.2, 0.25) is 5.91 Å². The highest BCUT2D eigenvalue weighted by Gasteiger charge is 2.31. The standard InChI is InChI=1S/C10H17NO2/c1-4-10(12)11-6-8(2)5-9(11)7-13-3/h4,8-9H,1,5-7H2,2-3H3/t8-,9+/m0/s1. The molecule has 0 spiro atoms. The fraction of sp³-hybridized carbons (Fsp3) is 0.700. The van der Waals surface area contributed by atoms with Crippen LogP contribution in [0, 0.1) is 5.92 Å². The molecule has 3 heteroatoms. The van der Waals surface area contributed by atoms with Crippen molar-refractivity contribution in [3.05, 3.63) is 12.7 Å². The molecule has 74 valence electrons. The van der Waals surface area contributed by atoms with Crippen LogP contribution in [0.3, 0.4) is 0 Å². The van der Waals surface area contributed by atoms with Crippen LogP contribution in [-0.4, -0.2) is 37.1 Å². The summed E-state index contributed by atoms with van der Waals surface area (Å²) in [7, 11) is 1.67. The summed E-state index contributed by atoms with van der Waals surface area (Å²) in [6.07, 6.45) is 2.41. The van der Waals surface area contributed by atoms with Crippen LogP contribution < -0.4 is 0 Å². The van der Waals surface area contributed by atoms with E-state index in [0.29, 0.717) is 12.5 Å². The van der Waals surface area contributed by atoms with Crippen LogP contribution in [0.2, 0.25) is 0 Å². The van der Waals surface area contributed by atoms with Gasteiger partial charge in [-0.05, 0) is 18.4 Å². The third-order valence-electron chi connectivity index (χ3n) is 2.44. The number of carbonyl (C=O) groups is 1. The normalized spacial score (nSPS) is 27.7. The molecule has 1 aliphatic heterocycles. The van der Waals surface area contributed by atoms with Gasteiger partial charge in [-0.25, -0.2) is 0 Å². The molecule has 0 aromatic rings. The summed E-state index contributed by atoms with van der Waals surface area (Å²) in [5.74, 6) is 0.593. The van der Waals surface area contributed by atoms with Crippen molar-refractivity contribution in [1.29, 1.82) is 0 Å². The Hall–Kier alpha value is -0.830. The van der Waals surface area contributed by atoms with E-state index in [1.54, 1.807) is 7.11 Å². The second kappa shape index (κ2) is 4.42. The lowest BCUT2D eigenvalue weighted by Gasteiger charge is -2.22. The Balaban J connectivity index is 2.59. The van der Waals surface area contributed by atoms with Gasteiger partial charge < -0.3 is 9.64 Å². The number of carbonyl (C=O) groups excluding carboxylic acids is 1. The molecule has 1 amide bonds. The van der Waals surface area contributed by atoms with Crippen molar-refractivity contribution in [2.75, 3.05) is 20.3 Å². The molecule has 3 nitrogen and oxygen atoms in total. The van der Waals surface area contributed by atoms with Gasteiger partial charge in [0.25, 0.3) is 0 Å². The van der Waals surface area contributed by atoms with E-state index < -0.39 is 0 Å². The molecule has 0 radical (unpaired) electrons. The summed E-state index contributed by atoms with van der Waals surface area (Å²) < 4.78 is 5.07. The van der Waals surface area contributed by atoms with Crippen LogP contribution >= 0.6 is 0 Å². The molecule has 13 heavy (non-hydrogen) atoms. The number of rotatable bonds is 3. The molecule has 1 fully saturated rings. The highest BCUT2D eigenvalue weighted by atomic mass is 16.5. The second-order valence-corrected chi connectivity index (χ2v) is 3.64. The molecule has 0 bridgehead atoms. The Bertz CT molecular complexity index is 203. The van der Waals surface area contributed by atoms with E-state index in [9.17, 15) is 4.79 Å². The van der Waals surface area contributed by atoms with Crippen molar-refractivity contribution in [3.63, 3.8) is 0 Å². The van der Waals surface area contributed by atoms with Crippen LogP contribution in [0.1, 0.15) is 13.3 Å². The van der Waals surface area contributed by atoms with E-state index in [-0.39, 0.29) is 11.9 Å². The lowest BCUT2D eigenvalue weighted by molar-refractivity contribution is -0.127. The van der Waals surface area contributed by atoms with E-state index in [0.717, 1.165) is 13.0 Å². The van der Waals surface area contributed by atoms with Crippen molar-refractivity contribution in [2.24, 2.45) is 5.92 Å². The third-order valence-corrected chi connectivity index (χ3v) is 2.44. The Morgan fingerprint density at radius 1 is 1.77 bits per heavy atom. The first-order valence-electron chi connectivity index (χ1n) is 4.61. The minimum atomic E-state index is 0.0198. The van der Waals surface area contributed by atoms with Crippen molar-refractivity contribution < 1.29 is 9.53 Å². The zero-order chi connectivity index (χ0) is 9.84. The van der Waals surface area contributed by atoms with Gasteiger partial charge in [-0.15, -0.1) is 0 Å². The van der Waals surface area contributed by atoms with Crippen LogP contribution in [0.4, 0.5) is 0 Å². The van der Waals surface area contributed by atoms with Crippen LogP contribution in [0.25, 0.3) is 0 Å². The summed E-state index contributed by atoms with van der Waals surface area (Å²) in [5.41, 5.74) is 0. The molecule has 1 saturated heterocycles. The number of likely N-dealkylation sites (tertiary alicyclic amines) is 1. The van der Waals surface area contributed by atoms with Gasteiger partial charge in [0.05, 0.1) is 12.6 Å². The van der Waals surface area contributed by atoms with Crippen LogP contribution in [0.15, 0.2) is 12.7 Å². The highest BCUT2D eigenvalue weighted by Crippen LogP contribution is 2.22. The van der Waals surface area contributed by atoms with Gasteiger partial charge in [0, 0.05) is 13.7 Å². The Morgan fingerprint density at radius 2 is 2.46 bits per heavy atom. The third kappa shape index (κ3) is 2.31. The summed E-state index contributed by atoms with van der Waals surface area (Å²) in [6, 6.07) is 0.241. The average molecular weight is 183 g/mol. The van der Waals surface area contributed by atoms with Crippen molar-refractivity contribution in [2.45, 2.75) is 19.4 Å². The largest absolute Gasteiger partial charge is 0.383 e. The van der Waals surface area contributed by atoms with Gasteiger partial charge in [0.1, 0.15) is 0 Å². The predicted octanol–water partition coefficient (Wildman–Crippen LogP) is 1.06. The van der Waals surface area contributed by atoms with Gasteiger partial charge >= 0.3 is 0 Å². The molecule has 1 rings (SSSR count). The molecular weight excluding hydrogens is 166 g/mol. The molecule has 0 aromatic heterocycles. The smallest absolute Gasteiger partial charge is 0.246 e. The number of ether oxygens (including phenoxy) is 1. The SMILES string of the molecule is C=CC(=O)N1C[C@@H](C)C[C@@H]1COC. The van der Waals surface area contributed by atoms with Crippen molar-refractivity contribution in [1.82, 2.24) is 4.90 Å². The number of hydrogen-bond donors (Lipinski definition) is 0. The first kappa shape index (κ1) is 10.3. The van der Waals surface area contributed by atoms with E-state index >= 15 is 0 Å². The Kier molecular flexibility index (Phi) is 3.48. The fourth-order valence-corrected chi connectivity index (χ4v) is 1.89. The maximum absolute atomic E-state index is 11.4. The zero-order valence-corrected chi connectivity index (χ0v) is 8.32. The summed E-state index contributed by atoms with van der Waals surface area (Å²) in [5, 5.41) is 0. The Labute approximate surface area is 79.4 Å². The van der Waals surface area contributed by atoms with E-state index in [1.165, 1.54) is 6.08 Å². The summed E-state index contributed by atoms with van der Waals surface area (Å²) in [6.45, 7) is 7.11. The minimum absolute atomic E-state index is 0.0198. The van der Waals surface area contributed by atoms with Gasteiger partial charge in [-0.1, -0.05) is 13.5 Å². The Morgan fingerprint density at radius 3 is 3.00 bits per heavy atom. The van der Waals surface area contributed by atoms with Crippen LogP contribution in [0.5, 0.6) is 0 Å². The molecule has 1 heterocycles. The number of methoxy groups -OCH3 is 1. The summed E-state index contributed by atoms with van der Waals surface area (Å²) >= 11 is 0. The predicted molar refractivity (Wildman–Crippen MR) is 51.4 cm³/mol. The molecule has 2 atom stereocenters. The molecule has 0 unspecified atom stereocenters. The van der Waals surface area contributed by atoms with E-state index in [4.69, 9.17) is 4.74 Å². The lowest BCUT2D eigenvalue weighted by Crippen LogP contribution is -2.37. The van der Waals surface area contributed by atoms with Gasteiger partial charge in [-0.2, -0.15) is 0 Å². The molecular formula is C10H17NO2. The van der Waals surface area contributed by atoms with Crippen molar-refractivity contribution in [3.8, 4) is 0 Å². The van der Waals surface area contributed by atoms with Crippen LogP contribution in [-0.2, 0) is 9.53 Å². The first-order chi connectivity index (χ1) is 6.19. The van der Waals surface area contributed by atoms with Gasteiger partial charge in [-0.3, -0.25) is 4.79 Å².